The molecule has 0 aromatic carbocycles. The molecule has 21 nitrogen and oxygen atoms in total. The molecule has 248 valence electrons. The van der Waals surface area contributed by atoms with Crippen molar-refractivity contribution in [3.05, 3.63) is 0 Å². The lowest BCUT2D eigenvalue weighted by atomic mass is 10.0. The minimum atomic E-state index is -1.60. The molecule has 0 saturated heterocycles. The fourth-order valence-electron chi connectivity index (χ4n) is 0.805. The molecule has 21 heteroatoms. The van der Waals surface area contributed by atoms with Crippen LogP contribution in [0.3, 0.4) is 0 Å². The molecule has 0 fully saturated rings. The highest BCUT2D eigenvalue weighted by Gasteiger charge is 2.29. The Morgan fingerprint density at radius 1 is 0.488 bits per heavy atom. The van der Waals surface area contributed by atoms with Crippen molar-refractivity contribution in [2.75, 3.05) is 13.2 Å². The summed E-state index contributed by atoms with van der Waals surface area (Å²) in [6.45, 7) is 6.76. The molecular formula is C20H44N2O19. The number of nitrogens with two attached hydrogens (primary N) is 1. The summed E-state index contributed by atoms with van der Waals surface area (Å²) in [5.41, 5.74) is 2.09. The van der Waals surface area contributed by atoms with Crippen LogP contribution in [-0.4, -0.2) is 141 Å². The van der Waals surface area contributed by atoms with Gasteiger partial charge in [0, 0.05) is 55.0 Å². The van der Waals surface area contributed by atoms with Gasteiger partial charge in [0.15, 0.2) is 0 Å². The molecule has 0 heterocycles. The second kappa shape index (κ2) is 43.1. The second-order valence-corrected chi connectivity index (χ2v) is 6.34. The Balaban J connectivity index is -0.0000000548. The first-order chi connectivity index (χ1) is 18.2. The van der Waals surface area contributed by atoms with Crippen LogP contribution < -0.4 is 11.3 Å². The smallest absolute Gasteiger partial charge is 0.300 e. The number of carboxylic acid groups (broad SMARTS) is 7. The van der Waals surface area contributed by atoms with Crippen molar-refractivity contribution in [2.24, 2.45) is 5.84 Å². The Morgan fingerprint density at radius 3 is 0.756 bits per heavy atom. The van der Waals surface area contributed by atoms with E-state index in [1.807, 2.05) is 0 Å². The predicted molar refractivity (Wildman–Crippen MR) is 136 cm³/mol. The number of aliphatic hydroxyl groups excluding tert-OH is 5. The quantitative estimate of drug-likeness (QED) is 0.102. The zero-order valence-corrected chi connectivity index (χ0v) is 23.5. The maximum Gasteiger partial charge on any atom is 0.300 e. The summed E-state index contributed by atoms with van der Waals surface area (Å²) in [5.74, 6) is -0.972. The van der Waals surface area contributed by atoms with E-state index in [1.165, 1.54) is 0 Å². The van der Waals surface area contributed by atoms with Crippen LogP contribution in [0.25, 0.3) is 0 Å². The second-order valence-electron chi connectivity index (χ2n) is 6.34. The molecule has 0 aliphatic heterocycles. The van der Waals surface area contributed by atoms with Crippen LogP contribution in [0.4, 0.5) is 0 Å². The van der Waals surface area contributed by atoms with Crippen molar-refractivity contribution < 1.29 is 94.8 Å². The Morgan fingerprint density at radius 2 is 0.634 bits per heavy atom. The number of aliphatic carboxylic acids is 7. The minimum absolute atomic E-state index is 0.129. The van der Waals surface area contributed by atoms with Crippen molar-refractivity contribution in [1.29, 1.82) is 0 Å². The van der Waals surface area contributed by atoms with E-state index in [0.717, 1.165) is 48.5 Å². The molecule has 0 amide bonds. The zero-order valence-electron chi connectivity index (χ0n) is 23.5. The molecule has 0 aromatic rings. The number of hydrogen-bond acceptors (Lipinski definition) is 14. The van der Waals surface area contributed by atoms with Gasteiger partial charge in [0.2, 0.25) is 0 Å². The predicted octanol–water partition coefficient (Wildman–Crippen LogP) is -3.48. The highest BCUT2D eigenvalue weighted by atomic mass is 16.4. The van der Waals surface area contributed by atoms with Crippen LogP contribution in [0, 0.1) is 0 Å². The summed E-state index contributed by atoms with van der Waals surface area (Å²) in [7, 11) is 0. The maximum absolute atomic E-state index is 9.15. The van der Waals surface area contributed by atoms with Gasteiger partial charge in [-0.25, -0.2) is 0 Å². The molecule has 4 atom stereocenters. The van der Waals surface area contributed by atoms with Crippen LogP contribution in [0.15, 0.2) is 0 Å². The third kappa shape index (κ3) is 246. The van der Waals surface area contributed by atoms with Gasteiger partial charge >= 0.3 is 0 Å². The summed E-state index contributed by atoms with van der Waals surface area (Å²) in [6, 6.07) is 0. The number of hydrogen-bond donors (Lipinski definition) is 14. The van der Waals surface area contributed by atoms with E-state index in [4.69, 9.17) is 101 Å². The van der Waals surface area contributed by atoms with Gasteiger partial charge in [0.25, 0.3) is 41.8 Å². The topological polar surface area (TPSA) is 400 Å². The van der Waals surface area contributed by atoms with Gasteiger partial charge in [-0.1, -0.05) is 0 Å². The Hall–Kier alpha value is -3.99. The first-order valence-corrected chi connectivity index (χ1v) is 10.3. The SMILES string of the molecule is CC(=O)O.CC(=O)O.CC(=O)O.CC(=O)O.CC(=O)O.CC(=O)O.CC(=O)O.NNC[C@@H](O)[C@H](O)[C@H](O)[C@H](O)CO. The number of rotatable bonds is 6. The van der Waals surface area contributed by atoms with Crippen LogP contribution in [-0.2, 0) is 33.6 Å². The van der Waals surface area contributed by atoms with Gasteiger partial charge in [-0.05, 0) is 0 Å². The van der Waals surface area contributed by atoms with Crippen molar-refractivity contribution >= 4 is 41.8 Å². The Bertz CT molecular complexity index is 542. The molecule has 0 unspecified atom stereocenters. The lowest BCUT2D eigenvalue weighted by molar-refractivity contribution is -0.135. The van der Waals surface area contributed by atoms with Crippen molar-refractivity contribution in [3.63, 3.8) is 0 Å². The third-order valence-corrected chi connectivity index (χ3v) is 1.65. The fourth-order valence-corrected chi connectivity index (χ4v) is 0.805. The van der Waals surface area contributed by atoms with Crippen molar-refractivity contribution in [2.45, 2.75) is 72.9 Å². The highest BCUT2D eigenvalue weighted by Crippen LogP contribution is 2.03. The van der Waals surface area contributed by atoms with Crippen LogP contribution in [0.2, 0.25) is 0 Å². The molecule has 0 spiro atoms. The molecule has 41 heavy (non-hydrogen) atoms. The van der Waals surface area contributed by atoms with E-state index in [0.29, 0.717) is 0 Å². The average Bonchev–Trinajstić information content (AvgIpc) is 2.69. The molecule has 0 bridgehead atoms. The highest BCUT2D eigenvalue weighted by molar-refractivity contribution is 5.64. The van der Waals surface area contributed by atoms with Gasteiger partial charge in [0.05, 0.1) is 12.7 Å². The average molecular weight is 617 g/mol. The van der Waals surface area contributed by atoms with Gasteiger partial charge in [0.1, 0.15) is 18.3 Å². The number of nitrogens with one attached hydrogen (secondary N) is 1. The first-order valence-electron chi connectivity index (χ1n) is 10.3. The van der Waals surface area contributed by atoms with Crippen molar-refractivity contribution in [3.8, 4) is 0 Å². The number of carbonyl (C=O) groups is 7. The molecular weight excluding hydrogens is 572 g/mol. The van der Waals surface area contributed by atoms with Crippen LogP contribution in [0.5, 0.6) is 0 Å². The van der Waals surface area contributed by atoms with E-state index >= 15 is 0 Å². The fraction of sp³-hybridized carbons (Fsp3) is 0.650. The normalized spacial score (nSPS) is 10.9. The van der Waals surface area contributed by atoms with E-state index in [2.05, 4.69) is 5.43 Å². The first kappa shape index (κ1) is 57.0. The Labute approximate surface area is 234 Å². The molecule has 0 rings (SSSR count). The minimum Gasteiger partial charge on any atom is -0.481 e. The van der Waals surface area contributed by atoms with Gasteiger partial charge in [-0.3, -0.25) is 44.8 Å². The Kier molecular flexibility index (Phi) is 59.9. The number of hydrazine groups is 1. The summed E-state index contributed by atoms with van der Waals surface area (Å²) in [6.07, 6.45) is -5.95. The molecule has 0 aromatic heterocycles. The number of aliphatic hydroxyl groups is 5. The van der Waals surface area contributed by atoms with Crippen LogP contribution >= 0.6 is 0 Å². The monoisotopic (exact) mass is 616 g/mol. The summed E-state index contributed by atoms with van der Waals surface area (Å²) < 4.78 is 0. The van der Waals surface area contributed by atoms with E-state index in [1.54, 1.807) is 0 Å². The largest absolute Gasteiger partial charge is 0.481 e. The van der Waals surface area contributed by atoms with Crippen LogP contribution in [0.1, 0.15) is 48.5 Å². The van der Waals surface area contributed by atoms with Gasteiger partial charge in [-0.2, -0.15) is 0 Å². The van der Waals surface area contributed by atoms with E-state index < -0.39 is 72.8 Å². The standard InChI is InChI=1S/C6H16N2O5.7C2H4O2/c7-8-1-3(10)5(12)6(13)4(11)2-9;7*1-2(3)4/h3-6,8-13H,1-2,7H2;7*1H3,(H,3,4)/t3-,4-,5+,6-;;;;;;;/m1......./s1. The molecule has 15 N–H and O–H groups in total. The lowest BCUT2D eigenvalue weighted by Crippen LogP contribution is -2.49. The summed E-state index contributed by atoms with van der Waals surface area (Å²) >= 11 is 0. The molecule has 0 saturated carbocycles. The zero-order chi connectivity index (χ0) is 35.5. The summed E-state index contributed by atoms with van der Waals surface area (Å²) in [5, 5.41) is 96.6. The summed E-state index contributed by atoms with van der Waals surface area (Å²) in [4.78, 5) is 63.0. The third-order valence-electron chi connectivity index (χ3n) is 1.65. The van der Waals surface area contributed by atoms with Gasteiger partial charge < -0.3 is 61.3 Å². The van der Waals surface area contributed by atoms with Gasteiger partial charge in [-0.15, -0.1) is 0 Å². The van der Waals surface area contributed by atoms with Crippen molar-refractivity contribution in [1.82, 2.24) is 5.43 Å². The maximum atomic E-state index is 9.15. The van der Waals surface area contributed by atoms with E-state index in [-0.39, 0.29) is 6.54 Å². The number of carboxylic acids is 7. The lowest BCUT2D eigenvalue weighted by Gasteiger charge is -2.25. The molecule has 0 radical (unpaired) electrons. The van der Waals surface area contributed by atoms with E-state index in [9.17, 15) is 0 Å². The molecule has 0 aliphatic carbocycles. The molecule has 0 aliphatic rings.